The molecule has 0 aliphatic carbocycles. The van der Waals surface area contributed by atoms with Gasteiger partial charge in [0, 0.05) is 5.41 Å². The predicted octanol–water partition coefficient (Wildman–Crippen LogP) is -0.151. The van der Waals surface area contributed by atoms with E-state index in [1.54, 1.807) is 0 Å². The number of aliphatic hydroxyl groups is 2. The molecule has 6 heteroatoms. The Balaban J connectivity index is 4.91. The van der Waals surface area contributed by atoms with Gasteiger partial charge < -0.3 is 20.0 Å². The molecule has 0 rings (SSSR count). The first-order valence-electron chi connectivity index (χ1n) is 3.00. The molecule has 4 N–H and O–H groups in total. The molecule has 0 saturated heterocycles. The Kier molecular flexibility index (Phi) is 2.55. The highest BCUT2D eigenvalue weighted by Gasteiger charge is 2.53. The zero-order valence-electron chi connectivity index (χ0n) is 6.64. The van der Waals surface area contributed by atoms with E-state index in [2.05, 4.69) is 0 Å². The zero-order chi connectivity index (χ0) is 9.50. The Morgan fingerprint density at radius 1 is 1.09 bits per heavy atom. The third-order valence-electron chi connectivity index (χ3n) is 1.41. The van der Waals surface area contributed by atoms with Crippen molar-refractivity contribution in [3.8, 4) is 0 Å². The molecular formula is C5H13O5P. The molecule has 0 aromatic heterocycles. The summed E-state index contributed by atoms with van der Waals surface area (Å²) in [6.07, 6.45) is 0. The lowest BCUT2D eigenvalue weighted by atomic mass is 9.96. The maximum atomic E-state index is 10.5. The molecule has 0 fully saturated rings. The molecule has 0 heterocycles. The second-order valence-electron chi connectivity index (χ2n) is 3.43. The Morgan fingerprint density at radius 3 is 1.36 bits per heavy atom. The Morgan fingerprint density at radius 2 is 1.36 bits per heavy atom. The van der Waals surface area contributed by atoms with Crippen LogP contribution in [0.4, 0.5) is 0 Å². The molecule has 0 spiro atoms. The normalized spacial score (nSPS) is 15.2. The van der Waals surface area contributed by atoms with E-state index in [-0.39, 0.29) is 0 Å². The van der Waals surface area contributed by atoms with Crippen LogP contribution in [0.15, 0.2) is 0 Å². The third kappa shape index (κ3) is 2.01. The summed E-state index contributed by atoms with van der Waals surface area (Å²) in [5, 5.41) is 18.0. The van der Waals surface area contributed by atoms with Crippen molar-refractivity contribution in [1.29, 1.82) is 0 Å². The van der Waals surface area contributed by atoms with Crippen LogP contribution in [0.2, 0.25) is 0 Å². The lowest BCUT2D eigenvalue weighted by molar-refractivity contribution is -0.172. The van der Waals surface area contributed by atoms with Crippen LogP contribution in [0.1, 0.15) is 20.8 Å². The highest BCUT2D eigenvalue weighted by atomic mass is 31.2. The summed E-state index contributed by atoms with van der Waals surface area (Å²) < 4.78 is 10.5. The fourth-order valence-electron chi connectivity index (χ4n) is 0.437. The minimum absolute atomic E-state index is 1.27. The lowest BCUT2D eigenvalue weighted by Crippen LogP contribution is -2.42. The molecule has 0 aromatic carbocycles. The maximum Gasteiger partial charge on any atom is 0.384 e. The summed E-state index contributed by atoms with van der Waals surface area (Å²) in [7, 11) is -4.88. The van der Waals surface area contributed by atoms with Crippen LogP contribution in [0.3, 0.4) is 0 Å². The second kappa shape index (κ2) is 2.54. The fourth-order valence-corrected chi connectivity index (χ4v) is 1.31. The van der Waals surface area contributed by atoms with Crippen molar-refractivity contribution in [3.05, 3.63) is 0 Å². The average Bonchev–Trinajstić information content (AvgIpc) is 1.58. The molecule has 0 saturated carbocycles. The quantitative estimate of drug-likeness (QED) is 0.335. The summed E-state index contributed by atoms with van der Waals surface area (Å²) >= 11 is 0. The van der Waals surface area contributed by atoms with Crippen molar-refractivity contribution >= 4 is 7.60 Å². The largest absolute Gasteiger partial charge is 0.384 e. The first-order valence-corrected chi connectivity index (χ1v) is 4.62. The first-order chi connectivity index (χ1) is 4.50. The summed E-state index contributed by atoms with van der Waals surface area (Å²) in [6, 6.07) is 0. The van der Waals surface area contributed by atoms with E-state index < -0.39 is 18.5 Å². The molecule has 11 heavy (non-hydrogen) atoms. The van der Waals surface area contributed by atoms with Crippen LogP contribution in [0.25, 0.3) is 0 Å². The Labute approximate surface area is 64.8 Å². The predicted molar refractivity (Wildman–Crippen MR) is 38.7 cm³/mol. The molecule has 5 nitrogen and oxygen atoms in total. The molecule has 0 aromatic rings. The van der Waals surface area contributed by atoms with Crippen LogP contribution < -0.4 is 0 Å². The Bertz CT molecular complexity index is 186. The monoisotopic (exact) mass is 184 g/mol. The zero-order valence-corrected chi connectivity index (χ0v) is 7.54. The SMILES string of the molecule is CC(C)(C)C(O)(O)P(=O)(O)O. The van der Waals surface area contributed by atoms with Gasteiger partial charge in [0.1, 0.15) is 0 Å². The van der Waals surface area contributed by atoms with E-state index in [0.29, 0.717) is 0 Å². The van der Waals surface area contributed by atoms with Crippen LogP contribution in [0, 0.1) is 5.41 Å². The number of hydrogen-bond acceptors (Lipinski definition) is 3. The molecule has 0 amide bonds. The van der Waals surface area contributed by atoms with Gasteiger partial charge in [0.25, 0.3) is 5.53 Å². The molecule has 68 valence electrons. The van der Waals surface area contributed by atoms with Crippen molar-refractivity contribution in [1.82, 2.24) is 0 Å². The Hall–Kier alpha value is 0.0700. The van der Waals surface area contributed by atoms with E-state index in [0.717, 1.165) is 0 Å². The number of rotatable bonds is 1. The van der Waals surface area contributed by atoms with Gasteiger partial charge in [-0.25, -0.2) is 0 Å². The maximum absolute atomic E-state index is 10.5. The molecule has 0 radical (unpaired) electrons. The van der Waals surface area contributed by atoms with Gasteiger partial charge in [-0.1, -0.05) is 20.8 Å². The lowest BCUT2D eigenvalue weighted by Gasteiger charge is -2.34. The topological polar surface area (TPSA) is 98.0 Å². The third-order valence-corrected chi connectivity index (χ3v) is 2.90. The van der Waals surface area contributed by atoms with E-state index in [1.165, 1.54) is 20.8 Å². The van der Waals surface area contributed by atoms with Gasteiger partial charge in [-0.3, -0.25) is 4.57 Å². The van der Waals surface area contributed by atoms with Gasteiger partial charge in [-0.2, -0.15) is 0 Å². The van der Waals surface area contributed by atoms with E-state index in [1.807, 2.05) is 0 Å². The molecule has 0 bridgehead atoms. The number of hydrogen-bond donors (Lipinski definition) is 4. The summed E-state index contributed by atoms with van der Waals surface area (Å²) in [5.74, 6) is 0. The van der Waals surface area contributed by atoms with E-state index in [4.69, 9.17) is 20.0 Å². The van der Waals surface area contributed by atoms with Gasteiger partial charge >= 0.3 is 7.60 Å². The van der Waals surface area contributed by atoms with Crippen molar-refractivity contribution < 1.29 is 24.6 Å². The van der Waals surface area contributed by atoms with Crippen LogP contribution in [0.5, 0.6) is 0 Å². The molecule has 0 unspecified atom stereocenters. The van der Waals surface area contributed by atoms with Crippen LogP contribution in [-0.4, -0.2) is 25.5 Å². The van der Waals surface area contributed by atoms with Crippen molar-refractivity contribution in [3.63, 3.8) is 0 Å². The highest BCUT2D eigenvalue weighted by molar-refractivity contribution is 7.53. The average molecular weight is 184 g/mol. The summed E-state index contributed by atoms with van der Waals surface area (Å²) in [6.45, 7) is 3.98. The minimum atomic E-state index is -4.88. The fraction of sp³-hybridized carbons (Fsp3) is 1.00. The van der Waals surface area contributed by atoms with Crippen molar-refractivity contribution in [2.45, 2.75) is 26.3 Å². The summed E-state index contributed by atoms with van der Waals surface area (Å²) in [5.41, 5.74) is -4.23. The van der Waals surface area contributed by atoms with Crippen LogP contribution in [-0.2, 0) is 4.57 Å². The van der Waals surface area contributed by atoms with Crippen molar-refractivity contribution in [2.75, 3.05) is 0 Å². The van der Waals surface area contributed by atoms with E-state index in [9.17, 15) is 4.57 Å². The smallest absolute Gasteiger partial charge is 0.356 e. The highest BCUT2D eigenvalue weighted by Crippen LogP contribution is 2.55. The van der Waals surface area contributed by atoms with Crippen molar-refractivity contribution in [2.24, 2.45) is 5.41 Å². The molecule has 0 aliphatic rings. The molecular weight excluding hydrogens is 171 g/mol. The van der Waals surface area contributed by atoms with Gasteiger partial charge in [0.05, 0.1) is 0 Å². The minimum Gasteiger partial charge on any atom is -0.356 e. The summed E-state index contributed by atoms with van der Waals surface area (Å²) in [4.78, 5) is 17.0. The molecule has 0 atom stereocenters. The van der Waals surface area contributed by atoms with Gasteiger partial charge in [-0.15, -0.1) is 0 Å². The van der Waals surface area contributed by atoms with Crippen LogP contribution >= 0.6 is 7.60 Å². The standard InChI is InChI=1S/C5H13O5P/c1-4(2,3)5(6,7)11(8,9)10/h6-7H,1-3H3,(H2,8,9,10). The molecule has 0 aliphatic heterocycles. The first kappa shape index (κ1) is 11.1. The van der Waals surface area contributed by atoms with Gasteiger partial charge in [0.15, 0.2) is 0 Å². The van der Waals surface area contributed by atoms with E-state index >= 15 is 0 Å². The van der Waals surface area contributed by atoms with Gasteiger partial charge in [-0.05, 0) is 0 Å². The van der Waals surface area contributed by atoms with Gasteiger partial charge in [0.2, 0.25) is 0 Å². The second-order valence-corrected chi connectivity index (χ2v) is 5.14.